The molecule has 0 N–H and O–H groups in total. The maximum absolute atomic E-state index is 4.49. The van der Waals surface area contributed by atoms with Crippen molar-refractivity contribution in [1.29, 1.82) is 0 Å². The number of hydrogen-bond acceptors (Lipinski definition) is 2. The second-order valence-corrected chi connectivity index (χ2v) is 16.7. The molecule has 0 unspecified atom stereocenters. The summed E-state index contributed by atoms with van der Waals surface area (Å²) in [6.45, 7) is 18.6. The molecule has 0 radical (unpaired) electrons. The normalized spacial score (nSPS) is 13.6. The van der Waals surface area contributed by atoms with Crippen molar-refractivity contribution in [2.45, 2.75) is 78.1 Å². The Bertz CT molecular complexity index is 2220. The molecule has 2 aliphatic heterocycles. The zero-order valence-corrected chi connectivity index (χ0v) is 37.5. The van der Waals surface area contributed by atoms with Crippen molar-refractivity contribution in [3.05, 3.63) is 244 Å². The standard InChI is InChI=1S/C55H55N2.Ag.ClH.H/c1-37(2)45-33-47(38(3)4)54(48(34-45)39(5)6)51-30-20-29-46-35-56(36-57(46)51)55-49(52(41-21-12-8-13-22-41)42-23-14-9-15-24-42)31-40(7)32-50(55)53(43-25-16-10-17-26-43)44-27-18-11-19-28-44;;;/h8-39,52-53H,1-7H3;;1H;/q-1;+1;;/p-1. The van der Waals surface area contributed by atoms with Crippen LogP contribution in [-0.4, -0.2) is 4.90 Å². The Morgan fingerprint density at radius 2 is 0.915 bits per heavy atom. The first kappa shape index (κ1) is 42.3. The van der Waals surface area contributed by atoms with Gasteiger partial charge in [0.25, 0.3) is 0 Å². The Hall–Kier alpha value is -4.83. The Morgan fingerprint density at radius 1 is 0.508 bits per heavy atom. The molecule has 0 amide bonds. The van der Waals surface area contributed by atoms with Crippen LogP contribution in [0.1, 0.15) is 132 Å². The molecular weight excluding hydrogens is 832 g/mol. The Balaban J connectivity index is 0.00000260. The van der Waals surface area contributed by atoms with Gasteiger partial charge in [-0.2, -0.15) is 0 Å². The fraction of sp³-hybridized carbons (Fsp3) is 0.218. The molecular formula is C55H56AgClN2-. The van der Waals surface area contributed by atoms with E-state index in [1.165, 1.54) is 72.6 Å². The first-order valence-electron chi connectivity index (χ1n) is 20.9. The molecule has 0 spiro atoms. The molecule has 2 nitrogen and oxygen atoms in total. The second kappa shape index (κ2) is 19.0. The van der Waals surface area contributed by atoms with Gasteiger partial charge in [-0.15, -0.1) is 6.67 Å². The Kier molecular flexibility index (Phi) is 13.7. The average molecular weight is 888 g/mol. The summed E-state index contributed by atoms with van der Waals surface area (Å²) in [5, 5.41) is 0. The number of aryl methyl sites for hydroxylation is 1. The Labute approximate surface area is 369 Å². The van der Waals surface area contributed by atoms with Gasteiger partial charge in [0, 0.05) is 34.5 Å². The minimum absolute atomic E-state index is 0.00638. The van der Waals surface area contributed by atoms with Crippen LogP contribution in [0.4, 0.5) is 5.69 Å². The number of nitrogens with zero attached hydrogens (tertiary/aromatic N) is 2. The zero-order valence-electron chi connectivity index (χ0n) is 35.2. The molecule has 0 aliphatic carbocycles. The number of allylic oxidation sites excluding steroid dienone is 3. The van der Waals surface area contributed by atoms with Gasteiger partial charge in [-0.1, -0.05) is 199 Å². The third kappa shape index (κ3) is 8.89. The third-order valence-corrected chi connectivity index (χ3v) is 11.7. The summed E-state index contributed by atoms with van der Waals surface area (Å²) in [5.74, 6) is 1.22. The number of hydrogen-bond donors (Lipinski definition) is 0. The summed E-state index contributed by atoms with van der Waals surface area (Å²) in [6.07, 6.45) is 9.18. The molecule has 8 rings (SSSR count). The predicted molar refractivity (Wildman–Crippen MR) is 249 cm³/mol. The number of halogens is 1. The second-order valence-electron chi connectivity index (χ2n) is 16.7. The molecule has 2 aliphatic rings. The number of rotatable bonds is 11. The summed E-state index contributed by atoms with van der Waals surface area (Å²) in [7, 11) is 4.49. The molecule has 0 saturated heterocycles. The monoisotopic (exact) mass is 886 g/mol. The van der Waals surface area contributed by atoms with Crippen LogP contribution in [-0.2, 0) is 20.0 Å². The van der Waals surface area contributed by atoms with Crippen molar-refractivity contribution in [3.63, 3.8) is 0 Å². The van der Waals surface area contributed by atoms with Crippen LogP contribution < -0.4 is 4.90 Å². The van der Waals surface area contributed by atoms with E-state index >= 15 is 0 Å². The van der Waals surface area contributed by atoms with Gasteiger partial charge in [-0.25, -0.2) is 0 Å². The molecule has 305 valence electrons. The van der Waals surface area contributed by atoms with Gasteiger partial charge in [-0.3, -0.25) is 0 Å². The predicted octanol–water partition coefficient (Wildman–Crippen LogP) is 14.8. The summed E-state index contributed by atoms with van der Waals surface area (Å²) < 4.78 is 0. The maximum atomic E-state index is 4.49. The van der Waals surface area contributed by atoms with Crippen LogP contribution in [0.5, 0.6) is 0 Å². The molecule has 0 bridgehead atoms. The SMILES string of the molecule is Cc1cc(C(c2ccccc2)c2ccccc2)c(N2C=C3C=CC=C(c4c(C(C)C)cc(C(C)C)cc4C(C)C)N3[CH-]2)c(C(c2ccccc2)c2ccccc2)c1.[Cl][AgH]. The van der Waals surface area contributed by atoms with Gasteiger partial charge in [0.05, 0.1) is 0 Å². The van der Waals surface area contributed by atoms with Gasteiger partial charge in [-0.05, 0) is 93.1 Å². The molecule has 2 heterocycles. The van der Waals surface area contributed by atoms with E-state index in [-0.39, 0.29) is 11.8 Å². The van der Waals surface area contributed by atoms with E-state index in [2.05, 4.69) is 264 Å². The van der Waals surface area contributed by atoms with Crippen molar-refractivity contribution in [2.75, 3.05) is 4.90 Å². The summed E-state index contributed by atoms with van der Waals surface area (Å²) in [6, 6.07) is 54.0. The van der Waals surface area contributed by atoms with E-state index in [0.717, 1.165) is 5.70 Å². The molecule has 6 aromatic carbocycles. The average Bonchev–Trinajstić information content (AvgIpc) is 3.70. The van der Waals surface area contributed by atoms with Crippen LogP contribution in [0.3, 0.4) is 0 Å². The van der Waals surface area contributed by atoms with Crippen LogP contribution in [0.15, 0.2) is 176 Å². The molecule has 0 atom stereocenters. The van der Waals surface area contributed by atoms with Crippen molar-refractivity contribution < 1.29 is 20.0 Å². The number of benzene rings is 6. The van der Waals surface area contributed by atoms with Crippen LogP contribution >= 0.6 is 9.19 Å². The summed E-state index contributed by atoms with van der Waals surface area (Å²) in [4.78, 5) is 4.88. The number of anilines is 1. The Morgan fingerprint density at radius 3 is 1.29 bits per heavy atom. The van der Waals surface area contributed by atoms with Gasteiger partial charge in [0.15, 0.2) is 0 Å². The van der Waals surface area contributed by atoms with Crippen LogP contribution in [0.25, 0.3) is 5.70 Å². The van der Waals surface area contributed by atoms with Crippen molar-refractivity contribution in [3.8, 4) is 0 Å². The summed E-state index contributed by atoms with van der Waals surface area (Å²) >= 11 is 2.22. The van der Waals surface area contributed by atoms with E-state index < -0.39 is 0 Å². The van der Waals surface area contributed by atoms with E-state index in [1.807, 2.05) is 0 Å². The van der Waals surface area contributed by atoms with E-state index in [4.69, 9.17) is 0 Å². The van der Waals surface area contributed by atoms with Crippen molar-refractivity contribution >= 4 is 20.6 Å². The molecule has 0 saturated carbocycles. The van der Waals surface area contributed by atoms with Crippen molar-refractivity contribution in [1.82, 2.24) is 4.90 Å². The van der Waals surface area contributed by atoms with Crippen LogP contribution in [0.2, 0.25) is 0 Å². The first-order chi connectivity index (χ1) is 28.7. The third-order valence-electron chi connectivity index (χ3n) is 11.7. The minimum atomic E-state index is 0.00638. The van der Waals surface area contributed by atoms with E-state index in [9.17, 15) is 0 Å². The molecule has 0 aromatic heterocycles. The van der Waals surface area contributed by atoms with Crippen molar-refractivity contribution in [2.24, 2.45) is 0 Å². The zero-order chi connectivity index (χ0) is 41.6. The van der Waals surface area contributed by atoms with E-state index in [1.54, 1.807) is 0 Å². The molecule has 4 heteroatoms. The fourth-order valence-electron chi connectivity index (χ4n) is 8.91. The molecule has 59 heavy (non-hydrogen) atoms. The van der Waals surface area contributed by atoms with Gasteiger partial charge in [0.1, 0.15) is 0 Å². The quantitative estimate of drug-likeness (QED) is 0.0726. The number of fused-ring (bicyclic) bond motifs is 1. The van der Waals surface area contributed by atoms with Crippen LogP contribution in [0, 0.1) is 13.6 Å². The van der Waals surface area contributed by atoms with E-state index in [0.29, 0.717) is 17.8 Å². The van der Waals surface area contributed by atoms with Gasteiger partial charge in [0.2, 0.25) is 0 Å². The molecule has 0 fully saturated rings. The van der Waals surface area contributed by atoms with Gasteiger partial charge < -0.3 is 9.80 Å². The summed E-state index contributed by atoms with van der Waals surface area (Å²) in [5.41, 5.74) is 18.1. The van der Waals surface area contributed by atoms with Gasteiger partial charge >= 0.3 is 29.2 Å². The molecule has 6 aromatic rings. The fourth-order valence-corrected chi connectivity index (χ4v) is 8.91. The topological polar surface area (TPSA) is 6.48 Å². The first-order valence-corrected chi connectivity index (χ1v) is 22.9.